The van der Waals surface area contributed by atoms with E-state index in [1.165, 1.54) is 17.5 Å². The zero-order valence-electron chi connectivity index (χ0n) is 12.4. The number of fused-ring (bicyclic) bond motifs is 3. The van der Waals surface area contributed by atoms with E-state index in [0.717, 1.165) is 25.0 Å². The number of rotatable bonds is 3. The molecule has 21 heavy (non-hydrogen) atoms. The van der Waals surface area contributed by atoms with Crippen LogP contribution in [0.4, 0.5) is 0 Å². The van der Waals surface area contributed by atoms with Crippen molar-refractivity contribution in [2.24, 2.45) is 0 Å². The highest BCUT2D eigenvalue weighted by molar-refractivity contribution is 7.17. The Morgan fingerprint density at radius 3 is 2.76 bits per heavy atom. The molecule has 0 spiro atoms. The predicted octanol–water partition coefficient (Wildman–Crippen LogP) is 2.12. The molecule has 0 saturated carbocycles. The molecular weight excluding hydrogens is 286 g/mol. The van der Waals surface area contributed by atoms with E-state index in [4.69, 9.17) is 0 Å². The highest BCUT2D eigenvalue weighted by atomic mass is 32.1. The number of thiazole rings is 1. The molecule has 0 unspecified atom stereocenters. The largest absolute Gasteiger partial charge is 0.339 e. The molecule has 2 aromatic heterocycles. The zero-order chi connectivity index (χ0) is 15.0. The number of carbonyl (C=O) groups excluding carboxylic acids is 1. The third-order valence-corrected chi connectivity index (χ3v) is 5.24. The number of amides is 1. The van der Waals surface area contributed by atoms with Crippen molar-refractivity contribution in [3.63, 3.8) is 0 Å². The van der Waals surface area contributed by atoms with Crippen LogP contribution >= 0.6 is 11.3 Å². The van der Waals surface area contributed by atoms with Crippen LogP contribution < -0.4 is 5.56 Å². The van der Waals surface area contributed by atoms with Crippen LogP contribution in [-0.2, 0) is 12.8 Å². The zero-order valence-corrected chi connectivity index (χ0v) is 13.2. The van der Waals surface area contributed by atoms with Crippen molar-refractivity contribution in [3.8, 4) is 0 Å². The van der Waals surface area contributed by atoms with Crippen LogP contribution in [0.5, 0.6) is 0 Å². The average molecular weight is 305 g/mol. The van der Waals surface area contributed by atoms with Crippen molar-refractivity contribution in [1.82, 2.24) is 14.3 Å². The van der Waals surface area contributed by atoms with E-state index in [-0.39, 0.29) is 17.0 Å². The minimum atomic E-state index is -0.220. The van der Waals surface area contributed by atoms with Gasteiger partial charge in [-0.25, -0.2) is 4.98 Å². The van der Waals surface area contributed by atoms with Crippen LogP contribution in [0.3, 0.4) is 0 Å². The van der Waals surface area contributed by atoms with Crippen LogP contribution in [-0.4, -0.2) is 33.3 Å². The Morgan fingerprint density at radius 1 is 1.33 bits per heavy atom. The lowest BCUT2D eigenvalue weighted by atomic mass is 10.0. The fraction of sp³-hybridized carbons (Fsp3) is 0.533. The lowest BCUT2D eigenvalue weighted by Gasteiger charge is -2.18. The molecule has 0 atom stereocenters. The lowest BCUT2D eigenvalue weighted by molar-refractivity contribution is 0.0770. The molecule has 0 N–H and O–H groups in total. The van der Waals surface area contributed by atoms with Gasteiger partial charge in [0, 0.05) is 29.9 Å². The molecule has 0 bridgehead atoms. The molecule has 0 aromatic carbocycles. The van der Waals surface area contributed by atoms with Gasteiger partial charge in [-0.2, -0.15) is 0 Å². The summed E-state index contributed by atoms with van der Waals surface area (Å²) in [6.45, 7) is 5.02. The van der Waals surface area contributed by atoms with E-state index in [1.807, 2.05) is 13.8 Å². The first-order valence-corrected chi connectivity index (χ1v) is 8.30. The number of carbonyl (C=O) groups is 1. The molecule has 1 aliphatic carbocycles. The molecular formula is C15H19N3O2S. The summed E-state index contributed by atoms with van der Waals surface area (Å²) in [5.74, 6) is -0.220. The van der Waals surface area contributed by atoms with Gasteiger partial charge in [-0.05, 0) is 39.5 Å². The highest BCUT2D eigenvalue weighted by Crippen LogP contribution is 2.28. The average Bonchev–Trinajstić information content (AvgIpc) is 2.88. The summed E-state index contributed by atoms with van der Waals surface area (Å²) in [5.41, 5.74) is 1.03. The lowest BCUT2D eigenvalue weighted by Crippen LogP contribution is -2.35. The molecule has 1 aliphatic rings. The number of hydrogen-bond donors (Lipinski definition) is 0. The smallest absolute Gasteiger partial charge is 0.271 e. The van der Waals surface area contributed by atoms with Gasteiger partial charge in [0.15, 0.2) is 4.96 Å². The summed E-state index contributed by atoms with van der Waals surface area (Å²) >= 11 is 1.58. The molecule has 0 saturated heterocycles. The number of hydrogen-bond acceptors (Lipinski definition) is 4. The third-order valence-electron chi connectivity index (χ3n) is 4.08. The Morgan fingerprint density at radius 2 is 2.05 bits per heavy atom. The molecule has 2 heterocycles. The van der Waals surface area contributed by atoms with Gasteiger partial charge in [0.05, 0.1) is 0 Å². The highest BCUT2D eigenvalue weighted by Gasteiger charge is 2.23. The molecule has 112 valence electrons. The van der Waals surface area contributed by atoms with Gasteiger partial charge in [0.2, 0.25) is 0 Å². The van der Waals surface area contributed by atoms with Crippen molar-refractivity contribution in [1.29, 1.82) is 0 Å². The normalized spacial score (nSPS) is 14.2. The summed E-state index contributed by atoms with van der Waals surface area (Å²) in [6.07, 6.45) is 5.63. The van der Waals surface area contributed by atoms with E-state index in [0.29, 0.717) is 18.1 Å². The van der Waals surface area contributed by atoms with Gasteiger partial charge in [0.25, 0.3) is 11.5 Å². The number of aromatic nitrogens is 2. The first-order chi connectivity index (χ1) is 10.2. The SMILES string of the molecule is CCN(CC)C(=O)c1cnc2sc3c(n2c1=O)CCCC3. The Labute approximate surface area is 127 Å². The minimum Gasteiger partial charge on any atom is -0.339 e. The summed E-state index contributed by atoms with van der Waals surface area (Å²) in [6, 6.07) is 0. The van der Waals surface area contributed by atoms with Crippen molar-refractivity contribution in [3.05, 3.63) is 32.7 Å². The molecule has 3 rings (SSSR count). The molecule has 2 aromatic rings. The van der Waals surface area contributed by atoms with E-state index in [1.54, 1.807) is 20.6 Å². The molecule has 5 nitrogen and oxygen atoms in total. The van der Waals surface area contributed by atoms with Crippen LogP contribution in [0.15, 0.2) is 11.0 Å². The van der Waals surface area contributed by atoms with Crippen LogP contribution in [0.25, 0.3) is 4.96 Å². The van der Waals surface area contributed by atoms with E-state index >= 15 is 0 Å². The fourth-order valence-corrected chi connectivity index (χ4v) is 4.06. The van der Waals surface area contributed by atoms with Gasteiger partial charge in [-0.1, -0.05) is 0 Å². The quantitative estimate of drug-likeness (QED) is 0.873. The van der Waals surface area contributed by atoms with Gasteiger partial charge < -0.3 is 4.90 Å². The van der Waals surface area contributed by atoms with Gasteiger partial charge in [-0.15, -0.1) is 11.3 Å². The number of aryl methyl sites for hydroxylation is 2. The molecule has 1 amide bonds. The second-order valence-electron chi connectivity index (χ2n) is 5.25. The number of nitrogens with zero attached hydrogens (tertiary/aromatic N) is 3. The molecule has 0 radical (unpaired) electrons. The maximum Gasteiger partial charge on any atom is 0.271 e. The van der Waals surface area contributed by atoms with E-state index in [2.05, 4.69) is 4.98 Å². The Balaban J connectivity index is 2.16. The molecule has 0 fully saturated rings. The second kappa shape index (κ2) is 5.60. The molecule has 6 heteroatoms. The van der Waals surface area contributed by atoms with Crippen molar-refractivity contribution >= 4 is 22.2 Å². The Kier molecular flexibility index (Phi) is 3.80. The van der Waals surface area contributed by atoms with Crippen LogP contribution in [0, 0.1) is 0 Å². The summed E-state index contributed by atoms with van der Waals surface area (Å²) < 4.78 is 1.66. The van der Waals surface area contributed by atoms with E-state index < -0.39 is 0 Å². The summed E-state index contributed by atoms with van der Waals surface area (Å²) in [4.78, 5) is 33.1. The molecule has 0 aliphatic heterocycles. The maximum absolute atomic E-state index is 12.7. The Hall–Kier alpha value is -1.69. The summed E-state index contributed by atoms with van der Waals surface area (Å²) in [7, 11) is 0. The fourth-order valence-electron chi connectivity index (χ4n) is 2.90. The maximum atomic E-state index is 12.7. The summed E-state index contributed by atoms with van der Waals surface area (Å²) in [5, 5.41) is 0. The standard InChI is InChI=1S/C15H19N3O2S/c1-3-17(4-2)13(19)10-9-16-15-18(14(10)20)11-7-5-6-8-12(11)21-15/h9H,3-8H2,1-2H3. The monoisotopic (exact) mass is 305 g/mol. The Bertz CT molecular complexity index is 743. The topological polar surface area (TPSA) is 54.7 Å². The second-order valence-corrected chi connectivity index (χ2v) is 6.31. The van der Waals surface area contributed by atoms with Crippen LogP contribution in [0.1, 0.15) is 47.6 Å². The van der Waals surface area contributed by atoms with Gasteiger partial charge >= 0.3 is 0 Å². The van der Waals surface area contributed by atoms with Crippen molar-refractivity contribution < 1.29 is 4.79 Å². The van der Waals surface area contributed by atoms with Gasteiger partial charge in [0.1, 0.15) is 5.56 Å². The van der Waals surface area contributed by atoms with E-state index in [9.17, 15) is 9.59 Å². The first kappa shape index (κ1) is 14.3. The van der Waals surface area contributed by atoms with Crippen molar-refractivity contribution in [2.75, 3.05) is 13.1 Å². The van der Waals surface area contributed by atoms with Crippen LogP contribution in [0.2, 0.25) is 0 Å². The van der Waals surface area contributed by atoms with Crippen molar-refractivity contribution in [2.45, 2.75) is 39.5 Å². The van der Waals surface area contributed by atoms with Gasteiger partial charge in [-0.3, -0.25) is 14.0 Å². The minimum absolute atomic E-state index is 0.183. The predicted molar refractivity (Wildman–Crippen MR) is 83.2 cm³/mol. The first-order valence-electron chi connectivity index (χ1n) is 7.49. The third kappa shape index (κ3) is 2.27.